The van der Waals surface area contributed by atoms with E-state index in [1.165, 1.54) is 0 Å². The second kappa shape index (κ2) is 10.7. The minimum absolute atomic E-state index is 0.0139. The Morgan fingerprint density at radius 1 is 0.917 bits per heavy atom. The van der Waals surface area contributed by atoms with Gasteiger partial charge in [-0.2, -0.15) is 0 Å². The molecule has 0 heterocycles. The molecule has 3 aromatic carbocycles. The van der Waals surface area contributed by atoms with Crippen LogP contribution in [0.4, 0.5) is 11.4 Å². The third kappa shape index (κ3) is 6.40. The first-order valence-corrected chi connectivity index (χ1v) is 13.8. The average molecular weight is 507 g/mol. The Balaban J connectivity index is 1.84. The number of hydrogen-bond donors (Lipinski definition) is 1. The molecule has 0 aliphatic rings. The van der Waals surface area contributed by atoms with Crippen LogP contribution in [-0.4, -0.2) is 32.4 Å². The molecule has 0 saturated heterocycles. The predicted octanol–water partition coefficient (Wildman–Crippen LogP) is 5.71. The van der Waals surface area contributed by atoms with Gasteiger partial charge in [0.25, 0.3) is 0 Å². The summed E-state index contributed by atoms with van der Waals surface area (Å²) in [4.78, 5) is 26.3. The van der Waals surface area contributed by atoms with Crippen LogP contribution in [0, 0.1) is 6.92 Å². The zero-order valence-corrected chi connectivity index (χ0v) is 22.5. The zero-order valence-electron chi connectivity index (χ0n) is 21.7. The molecule has 0 spiro atoms. The number of benzene rings is 3. The highest BCUT2D eigenvalue weighted by Gasteiger charge is 2.31. The third-order valence-corrected chi connectivity index (χ3v) is 7.20. The summed E-state index contributed by atoms with van der Waals surface area (Å²) in [6.45, 7) is 10.0. The van der Waals surface area contributed by atoms with Crippen LogP contribution in [0.1, 0.15) is 61.2 Å². The molecule has 0 aliphatic heterocycles. The lowest BCUT2D eigenvalue weighted by Gasteiger charge is -2.30. The van der Waals surface area contributed by atoms with Crippen molar-refractivity contribution in [2.45, 2.75) is 52.5 Å². The SMILES string of the molecule is CC[C@H](C(=O)Nc1cccc(C(=O)c2ccc(C(C)(C)C)cc2)c1)N(c1ccc(C)cc1)S(C)(=O)=O. The van der Waals surface area contributed by atoms with Crippen LogP contribution in [0.15, 0.2) is 72.8 Å². The van der Waals surface area contributed by atoms with Crippen molar-refractivity contribution in [1.82, 2.24) is 0 Å². The normalized spacial score (nSPS) is 12.6. The molecule has 3 rings (SSSR count). The Labute approximate surface area is 214 Å². The number of carbonyl (C=O) groups is 2. The monoisotopic (exact) mass is 506 g/mol. The summed E-state index contributed by atoms with van der Waals surface area (Å²) in [5.74, 6) is -0.626. The van der Waals surface area contributed by atoms with Gasteiger partial charge in [0.1, 0.15) is 6.04 Å². The van der Waals surface area contributed by atoms with Gasteiger partial charge in [-0.15, -0.1) is 0 Å². The highest BCUT2D eigenvalue weighted by atomic mass is 32.2. The molecule has 36 heavy (non-hydrogen) atoms. The molecule has 3 aromatic rings. The van der Waals surface area contributed by atoms with Crippen molar-refractivity contribution < 1.29 is 18.0 Å². The third-order valence-electron chi connectivity index (χ3n) is 6.02. The van der Waals surface area contributed by atoms with Crippen LogP contribution in [0.5, 0.6) is 0 Å². The van der Waals surface area contributed by atoms with Gasteiger partial charge in [-0.25, -0.2) is 8.42 Å². The summed E-state index contributed by atoms with van der Waals surface area (Å²) in [5, 5.41) is 2.81. The number of sulfonamides is 1. The minimum atomic E-state index is -3.73. The predicted molar refractivity (Wildman–Crippen MR) is 146 cm³/mol. The summed E-state index contributed by atoms with van der Waals surface area (Å²) in [6.07, 6.45) is 1.36. The minimum Gasteiger partial charge on any atom is -0.324 e. The molecular weight excluding hydrogens is 472 g/mol. The maximum Gasteiger partial charge on any atom is 0.248 e. The van der Waals surface area contributed by atoms with Gasteiger partial charge < -0.3 is 5.32 Å². The Kier molecular flexibility index (Phi) is 8.04. The summed E-state index contributed by atoms with van der Waals surface area (Å²) >= 11 is 0. The number of nitrogens with one attached hydrogen (secondary N) is 1. The molecule has 0 unspecified atom stereocenters. The molecule has 6 nitrogen and oxygen atoms in total. The molecular formula is C29H34N2O4S. The van der Waals surface area contributed by atoms with E-state index in [-0.39, 0.29) is 17.6 Å². The quantitative estimate of drug-likeness (QED) is 0.397. The lowest BCUT2D eigenvalue weighted by molar-refractivity contribution is -0.117. The van der Waals surface area contributed by atoms with Crippen LogP contribution in [0.3, 0.4) is 0 Å². The number of aryl methyl sites for hydroxylation is 1. The standard InChI is InChI=1S/C29H34N2O4S/c1-7-26(31(36(6,34)35)25-17-11-20(2)12-18-25)28(33)30-24-10-8-9-22(19-24)27(32)21-13-15-23(16-14-21)29(3,4)5/h8-19,26H,7H2,1-6H3,(H,30,33)/t26-/m1/s1. The number of anilines is 2. The highest BCUT2D eigenvalue weighted by Crippen LogP contribution is 2.25. The number of hydrogen-bond acceptors (Lipinski definition) is 4. The fraction of sp³-hybridized carbons (Fsp3) is 0.310. The Hall–Kier alpha value is -3.45. The van der Waals surface area contributed by atoms with Crippen LogP contribution < -0.4 is 9.62 Å². The number of ketones is 1. The lowest BCUT2D eigenvalue weighted by Crippen LogP contribution is -2.47. The topological polar surface area (TPSA) is 83.6 Å². The van der Waals surface area contributed by atoms with E-state index in [0.717, 1.165) is 21.7 Å². The smallest absolute Gasteiger partial charge is 0.248 e. The molecule has 1 N–H and O–H groups in total. The van der Waals surface area contributed by atoms with E-state index in [1.807, 2.05) is 31.2 Å². The van der Waals surface area contributed by atoms with Crippen molar-refractivity contribution in [2.24, 2.45) is 0 Å². The maximum absolute atomic E-state index is 13.3. The molecule has 0 saturated carbocycles. The second-order valence-electron chi connectivity index (χ2n) is 10.0. The van der Waals surface area contributed by atoms with Gasteiger partial charge in [-0.3, -0.25) is 13.9 Å². The maximum atomic E-state index is 13.3. The first kappa shape index (κ1) is 27.1. The van der Waals surface area contributed by atoms with Crippen LogP contribution in [-0.2, 0) is 20.2 Å². The summed E-state index contributed by atoms with van der Waals surface area (Å²) in [6, 6.07) is 20.3. The van der Waals surface area contributed by atoms with Crippen molar-refractivity contribution in [3.8, 4) is 0 Å². The van der Waals surface area contributed by atoms with E-state index in [4.69, 9.17) is 0 Å². The molecule has 7 heteroatoms. The Morgan fingerprint density at radius 2 is 1.53 bits per heavy atom. The van der Waals surface area contributed by atoms with E-state index in [2.05, 4.69) is 26.1 Å². The van der Waals surface area contributed by atoms with Crippen molar-refractivity contribution in [2.75, 3.05) is 15.9 Å². The van der Waals surface area contributed by atoms with E-state index in [9.17, 15) is 18.0 Å². The average Bonchev–Trinajstić information content (AvgIpc) is 2.81. The van der Waals surface area contributed by atoms with Gasteiger partial charge in [-0.05, 0) is 48.6 Å². The van der Waals surface area contributed by atoms with Gasteiger partial charge in [-0.1, -0.05) is 81.8 Å². The van der Waals surface area contributed by atoms with Crippen LogP contribution >= 0.6 is 0 Å². The van der Waals surface area contributed by atoms with E-state index in [1.54, 1.807) is 55.5 Å². The fourth-order valence-electron chi connectivity index (χ4n) is 4.00. The molecule has 0 bridgehead atoms. The largest absolute Gasteiger partial charge is 0.324 e. The van der Waals surface area contributed by atoms with Gasteiger partial charge in [0.05, 0.1) is 11.9 Å². The number of amides is 1. The van der Waals surface area contributed by atoms with Gasteiger partial charge in [0.15, 0.2) is 5.78 Å². The Bertz CT molecular complexity index is 1340. The second-order valence-corrected chi connectivity index (χ2v) is 11.9. The van der Waals surface area contributed by atoms with Crippen molar-refractivity contribution in [1.29, 1.82) is 0 Å². The number of nitrogens with zero attached hydrogens (tertiary/aromatic N) is 1. The van der Waals surface area contributed by atoms with Gasteiger partial charge in [0.2, 0.25) is 15.9 Å². The molecule has 0 aliphatic carbocycles. The summed E-state index contributed by atoms with van der Waals surface area (Å²) < 4.78 is 26.5. The van der Waals surface area contributed by atoms with Gasteiger partial charge in [0, 0.05) is 16.8 Å². The molecule has 1 atom stereocenters. The van der Waals surface area contributed by atoms with Crippen molar-refractivity contribution >= 4 is 33.1 Å². The zero-order chi connectivity index (χ0) is 26.7. The van der Waals surface area contributed by atoms with Crippen LogP contribution in [0.2, 0.25) is 0 Å². The van der Waals surface area contributed by atoms with Gasteiger partial charge >= 0.3 is 0 Å². The molecule has 1 amide bonds. The summed E-state index contributed by atoms with van der Waals surface area (Å²) in [5.41, 5.74) is 3.94. The molecule has 0 aromatic heterocycles. The lowest BCUT2D eigenvalue weighted by atomic mass is 9.86. The van der Waals surface area contributed by atoms with Crippen molar-refractivity contribution in [3.05, 3.63) is 95.1 Å². The van der Waals surface area contributed by atoms with E-state index in [0.29, 0.717) is 22.5 Å². The summed E-state index contributed by atoms with van der Waals surface area (Å²) in [7, 11) is -3.73. The molecule has 0 radical (unpaired) electrons. The number of carbonyl (C=O) groups excluding carboxylic acids is 2. The Morgan fingerprint density at radius 3 is 2.06 bits per heavy atom. The molecule has 0 fully saturated rings. The first-order chi connectivity index (χ1) is 16.8. The van der Waals surface area contributed by atoms with Crippen molar-refractivity contribution in [3.63, 3.8) is 0 Å². The van der Waals surface area contributed by atoms with E-state index >= 15 is 0 Å². The highest BCUT2D eigenvalue weighted by molar-refractivity contribution is 7.92. The molecule has 190 valence electrons. The van der Waals surface area contributed by atoms with E-state index < -0.39 is 22.0 Å². The first-order valence-electron chi connectivity index (χ1n) is 11.9. The number of rotatable bonds is 8. The van der Waals surface area contributed by atoms with Crippen LogP contribution in [0.25, 0.3) is 0 Å². The fourth-order valence-corrected chi connectivity index (χ4v) is 5.22.